The SMILES string of the molecule is CS(=O)(=O)N1CCCC[C@@H]1CCNc1cc(C2CC2)ncn1. The van der Waals surface area contributed by atoms with Gasteiger partial charge in [0.15, 0.2) is 0 Å². The van der Waals surface area contributed by atoms with E-state index in [1.165, 1.54) is 19.1 Å². The number of hydrogen-bond acceptors (Lipinski definition) is 5. The molecule has 1 saturated carbocycles. The molecule has 0 bridgehead atoms. The van der Waals surface area contributed by atoms with Crippen molar-refractivity contribution >= 4 is 15.8 Å². The molecular weight excluding hydrogens is 300 g/mol. The van der Waals surface area contributed by atoms with Crippen molar-refractivity contribution in [3.8, 4) is 0 Å². The normalized spacial score (nSPS) is 23.4. The van der Waals surface area contributed by atoms with Gasteiger partial charge in [0.1, 0.15) is 12.1 Å². The van der Waals surface area contributed by atoms with Gasteiger partial charge < -0.3 is 5.32 Å². The molecule has 2 fully saturated rings. The second-order valence-electron chi connectivity index (χ2n) is 6.34. The van der Waals surface area contributed by atoms with Gasteiger partial charge in [0.05, 0.1) is 6.26 Å². The van der Waals surface area contributed by atoms with Gasteiger partial charge in [-0.05, 0) is 32.1 Å². The molecule has 1 aliphatic heterocycles. The van der Waals surface area contributed by atoms with Crippen LogP contribution in [0.1, 0.15) is 50.1 Å². The summed E-state index contributed by atoms with van der Waals surface area (Å²) in [6.07, 6.45) is 9.21. The van der Waals surface area contributed by atoms with Crippen LogP contribution < -0.4 is 5.32 Å². The zero-order valence-corrected chi connectivity index (χ0v) is 13.8. The van der Waals surface area contributed by atoms with Gasteiger partial charge in [-0.2, -0.15) is 4.31 Å². The minimum atomic E-state index is -3.10. The molecule has 1 atom stereocenters. The van der Waals surface area contributed by atoms with Crippen molar-refractivity contribution in [2.45, 2.75) is 50.5 Å². The van der Waals surface area contributed by atoms with Gasteiger partial charge in [-0.1, -0.05) is 6.42 Å². The molecule has 122 valence electrons. The zero-order valence-electron chi connectivity index (χ0n) is 13.0. The van der Waals surface area contributed by atoms with Crippen molar-refractivity contribution in [3.05, 3.63) is 18.1 Å². The van der Waals surface area contributed by atoms with Crippen LogP contribution >= 0.6 is 0 Å². The molecule has 1 aliphatic carbocycles. The smallest absolute Gasteiger partial charge is 0.211 e. The van der Waals surface area contributed by atoms with Crippen molar-refractivity contribution < 1.29 is 8.42 Å². The van der Waals surface area contributed by atoms with Crippen LogP contribution in [0.5, 0.6) is 0 Å². The monoisotopic (exact) mass is 324 g/mol. The van der Waals surface area contributed by atoms with E-state index in [9.17, 15) is 8.42 Å². The Morgan fingerprint density at radius 2 is 2.09 bits per heavy atom. The second kappa shape index (κ2) is 6.50. The first-order chi connectivity index (χ1) is 10.5. The lowest BCUT2D eigenvalue weighted by atomic mass is 10.0. The molecule has 0 aromatic carbocycles. The number of nitrogens with zero attached hydrogens (tertiary/aromatic N) is 3. The van der Waals surface area contributed by atoms with Crippen LogP contribution in [0.4, 0.5) is 5.82 Å². The Morgan fingerprint density at radius 3 is 2.82 bits per heavy atom. The standard InChI is InChI=1S/C15H24N4O2S/c1-22(20,21)19-9-3-2-4-13(19)7-8-16-15-10-14(12-5-6-12)17-11-18-15/h10-13H,2-9H2,1H3,(H,16,17,18)/t13-/m1/s1. The Hall–Kier alpha value is -1.21. The Labute approximate surface area is 132 Å². The van der Waals surface area contributed by atoms with E-state index in [-0.39, 0.29) is 6.04 Å². The van der Waals surface area contributed by atoms with E-state index in [2.05, 4.69) is 15.3 Å². The maximum Gasteiger partial charge on any atom is 0.211 e. The van der Waals surface area contributed by atoms with E-state index in [1.807, 2.05) is 6.07 Å². The van der Waals surface area contributed by atoms with Gasteiger partial charge >= 0.3 is 0 Å². The first kappa shape index (κ1) is 15.7. The quantitative estimate of drug-likeness (QED) is 0.866. The maximum absolute atomic E-state index is 11.8. The van der Waals surface area contributed by atoms with Crippen LogP contribution in [0.15, 0.2) is 12.4 Å². The summed E-state index contributed by atoms with van der Waals surface area (Å²) in [5.74, 6) is 1.46. The molecule has 1 aromatic heterocycles. The Morgan fingerprint density at radius 1 is 1.27 bits per heavy atom. The van der Waals surface area contributed by atoms with Gasteiger partial charge in [0.25, 0.3) is 0 Å². The van der Waals surface area contributed by atoms with Gasteiger partial charge in [0, 0.05) is 36.8 Å². The average Bonchev–Trinajstić information content (AvgIpc) is 3.32. The number of hydrogen-bond donors (Lipinski definition) is 1. The van der Waals surface area contributed by atoms with Crippen LogP contribution in [0.2, 0.25) is 0 Å². The van der Waals surface area contributed by atoms with Crippen LogP contribution in [0, 0.1) is 0 Å². The third-order valence-corrected chi connectivity index (χ3v) is 5.80. The van der Waals surface area contributed by atoms with Crippen molar-refractivity contribution in [2.75, 3.05) is 24.7 Å². The molecule has 7 heteroatoms. The molecule has 0 amide bonds. The molecule has 2 aliphatic rings. The first-order valence-electron chi connectivity index (χ1n) is 8.06. The third kappa shape index (κ3) is 3.95. The highest BCUT2D eigenvalue weighted by Crippen LogP contribution is 2.39. The summed E-state index contributed by atoms with van der Waals surface area (Å²) in [7, 11) is -3.10. The van der Waals surface area contributed by atoms with Crippen molar-refractivity contribution in [2.24, 2.45) is 0 Å². The molecule has 1 saturated heterocycles. The Kier molecular flexibility index (Phi) is 4.63. The summed E-state index contributed by atoms with van der Waals surface area (Å²) in [5, 5.41) is 3.31. The molecule has 0 unspecified atom stereocenters. The van der Waals surface area contributed by atoms with Gasteiger partial charge in [-0.3, -0.25) is 0 Å². The van der Waals surface area contributed by atoms with Crippen molar-refractivity contribution in [1.82, 2.24) is 14.3 Å². The van der Waals surface area contributed by atoms with Gasteiger partial charge in [-0.15, -0.1) is 0 Å². The van der Waals surface area contributed by atoms with E-state index in [4.69, 9.17) is 0 Å². The predicted octanol–water partition coefficient (Wildman–Crippen LogP) is 1.97. The minimum absolute atomic E-state index is 0.112. The third-order valence-electron chi connectivity index (χ3n) is 4.47. The first-order valence-corrected chi connectivity index (χ1v) is 9.91. The highest BCUT2D eigenvalue weighted by atomic mass is 32.2. The predicted molar refractivity (Wildman–Crippen MR) is 86.3 cm³/mol. The lowest BCUT2D eigenvalue weighted by Gasteiger charge is -2.33. The van der Waals surface area contributed by atoms with Crippen LogP contribution in [-0.2, 0) is 10.0 Å². The summed E-state index contributed by atoms with van der Waals surface area (Å²) in [4.78, 5) is 8.55. The number of piperidine rings is 1. The van der Waals surface area contributed by atoms with E-state index in [0.29, 0.717) is 12.5 Å². The van der Waals surface area contributed by atoms with E-state index < -0.39 is 10.0 Å². The summed E-state index contributed by atoms with van der Waals surface area (Å²) in [6.45, 7) is 1.39. The van der Waals surface area contributed by atoms with Crippen LogP contribution in [0.25, 0.3) is 0 Å². The number of nitrogens with one attached hydrogen (secondary N) is 1. The molecular formula is C15H24N4O2S. The van der Waals surface area contributed by atoms with Gasteiger partial charge in [0.2, 0.25) is 10.0 Å². The molecule has 1 N–H and O–H groups in total. The van der Waals surface area contributed by atoms with Crippen LogP contribution in [-0.4, -0.2) is 48.1 Å². The molecule has 1 aromatic rings. The second-order valence-corrected chi connectivity index (χ2v) is 8.28. The zero-order chi connectivity index (χ0) is 15.6. The lowest BCUT2D eigenvalue weighted by Crippen LogP contribution is -2.43. The fourth-order valence-electron chi connectivity index (χ4n) is 3.14. The molecule has 2 heterocycles. The van der Waals surface area contributed by atoms with Crippen molar-refractivity contribution in [3.63, 3.8) is 0 Å². The largest absolute Gasteiger partial charge is 0.370 e. The molecule has 22 heavy (non-hydrogen) atoms. The van der Waals surface area contributed by atoms with E-state index in [1.54, 1.807) is 10.6 Å². The Bertz CT molecular complexity index is 616. The highest BCUT2D eigenvalue weighted by molar-refractivity contribution is 7.88. The van der Waals surface area contributed by atoms with Crippen LogP contribution in [0.3, 0.4) is 0 Å². The minimum Gasteiger partial charge on any atom is -0.370 e. The van der Waals surface area contributed by atoms with Crippen molar-refractivity contribution in [1.29, 1.82) is 0 Å². The average molecular weight is 324 g/mol. The molecule has 0 spiro atoms. The fraction of sp³-hybridized carbons (Fsp3) is 0.733. The fourth-order valence-corrected chi connectivity index (χ4v) is 4.35. The number of anilines is 1. The lowest BCUT2D eigenvalue weighted by molar-refractivity contribution is 0.246. The summed E-state index contributed by atoms with van der Waals surface area (Å²) in [6, 6.07) is 2.13. The topological polar surface area (TPSA) is 75.2 Å². The molecule has 6 nitrogen and oxygen atoms in total. The summed E-state index contributed by atoms with van der Waals surface area (Å²) >= 11 is 0. The number of rotatable bonds is 6. The molecule has 3 rings (SSSR count). The number of sulfonamides is 1. The Balaban J connectivity index is 1.54. The summed E-state index contributed by atoms with van der Waals surface area (Å²) in [5.41, 5.74) is 1.12. The summed E-state index contributed by atoms with van der Waals surface area (Å²) < 4.78 is 25.3. The van der Waals surface area contributed by atoms with Gasteiger partial charge in [-0.25, -0.2) is 18.4 Å². The van der Waals surface area contributed by atoms with E-state index >= 15 is 0 Å². The molecule has 0 radical (unpaired) electrons. The highest BCUT2D eigenvalue weighted by Gasteiger charge is 2.29. The number of aromatic nitrogens is 2. The maximum atomic E-state index is 11.8. The van der Waals surface area contributed by atoms with E-state index in [0.717, 1.165) is 43.7 Å².